The van der Waals surface area contributed by atoms with Crippen molar-refractivity contribution < 1.29 is 0 Å². The van der Waals surface area contributed by atoms with E-state index in [0.29, 0.717) is 45.6 Å². The van der Waals surface area contributed by atoms with Crippen LogP contribution in [-0.2, 0) is 5.41 Å². The highest BCUT2D eigenvalue weighted by atomic mass is 15.2. The summed E-state index contributed by atoms with van der Waals surface area (Å²) in [6, 6.07) is 31.0. The molecule has 0 saturated carbocycles. The molecule has 0 aliphatic heterocycles. The molecule has 280 valence electrons. The average molecular weight is 757 g/mol. The molecule has 0 unspecified atom stereocenters. The Morgan fingerprint density at radius 3 is 0.544 bits per heavy atom. The van der Waals surface area contributed by atoms with Crippen LogP contribution in [0.2, 0.25) is 0 Å². The summed E-state index contributed by atoms with van der Waals surface area (Å²) >= 11 is 0. The first-order valence-corrected chi connectivity index (χ1v) is 17.0. The summed E-state index contributed by atoms with van der Waals surface area (Å²) in [6.07, 6.45) is 0. The molecule has 0 fully saturated rings. The predicted molar refractivity (Wildman–Crippen MR) is 215 cm³/mol. The predicted octanol–water partition coefficient (Wildman–Crippen LogP) is 2.13. The van der Waals surface area contributed by atoms with E-state index in [-0.39, 0.29) is 47.6 Å². The summed E-state index contributed by atoms with van der Waals surface area (Å²) in [6.45, 7) is 0. The zero-order chi connectivity index (χ0) is 39.8. The molecule has 0 radical (unpaired) electrons. The minimum absolute atomic E-state index is 0.00117. The Labute approximate surface area is 323 Å². The number of nitrogens with zero attached hydrogens (tertiary/aromatic N) is 12. The second kappa shape index (κ2) is 13.9. The molecule has 0 aliphatic rings. The Bertz CT molecular complexity index is 2290. The third-order valence-corrected chi connectivity index (χ3v) is 8.98. The van der Waals surface area contributed by atoms with Crippen LogP contribution in [0.3, 0.4) is 0 Å². The van der Waals surface area contributed by atoms with E-state index in [1.807, 2.05) is 97.1 Å². The van der Waals surface area contributed by atoms with E-state index in [9.17, 15) is 0 Å². The third kappa shape index (κ3) is 6.83. The minimum atomic E-state index is -1.02. The van der Waals surface area contributed by atoms with Crippen LogP contribution in [0.4, 0.5) is 47.6 Å². The molecule has 4 aromatic heterocycles. The van der Waals surface area contributed by atoms with Gasteiger partial charge in [0.2, 0.25) is 47.6 Å². The van der Waals surface area contributed by atoms with E-state index < -0.39 is 5.41 Å². The highest BCUT2D eigenvalue weighted by molar-refractivity contribution is 5.69. The molecule has 4 aromatic carbocycles. The first kappa shape index (κ1) is 35.4. The monoisotopic (exact) mass is 756 g/mol. The van der Waals surface area contributed by atoms with Gasteiger partial charge < -0.3 is 45.9 Å². The van der Waals surface area contributed by atoms with Crippen molar-refractivity contribution in [3.05, 3.63) is 119 Å². The van der Waals surface area contributed by atoms with E-state index in [1.165, 1.54) is 0 Å². The van der Waals surface area contributed by atoms with Crippen LogP contribution in [0.5, 0.6) is 0 Å². The fourth-order valence-electron chi connectivity index (χ4n) is 6.63. The Morgan fingerprint density at radius 2 is 0.386 bits per heavy atom. The van der Waals surface area contributed by atoms with Crippen molar-refractivity contribution in [3.8, 4) is 45.6 Å². The van der Waals surface area contributed by atoms with Crippen molar-refractivity contribution >= 4 is 47.6 Å². The second-order valence-corrected chi connectivity index (χ2v) is 12.6. The molecule has 4 heterocycles. The highest BCUT2D eigenvalue weighted by Gasteiger charge is 2.39. The smallest absolute Gasteiger partial charge is 0.225 e. The average Bonchev–Trinajstić information content (AvgIpc) is 3.18. The number of hydrogen-bond donors (Lipinski definition) is 8. The van der Waals surface area contributed by atoms with Crippen LogP contribution in [0.15, 0.2) is 97.1 Å². The largest absolute Gasteiger partial charge is 0.368 e. The topological polar surface area (TPSA) is 363 Å². The molecule has 0 atom stereocenters. The number of nitrogen functional groups attached to an aromatic ring is 8. The zero-order valence-corrected chi connectivity index (χ0v) is 29.7. The maximum Gasteiger partial charge on any atom is 0.225 e. The van der Waals surface area contributed by atoms with E-state index >= 15 is 0 Å². The fraction of sp³-hybridized carbons (Fsp3) is 0.0270. The van der Waals surface area contributed by atoms with Gasteiger partial charge in [0, 0.05) is 22.3 Å². The molecule has 8 aromatic rings. The normalized spacial score (nSPS) is 11.4. The number of hydrogen-bond acceptors (Lipinski definition) is 20. The SMILES string of the molecule is Nc1nc(N)nc(-c2ccc(C(c3ccc(-c4nc(N)nc(N)n4)cc3)(c3ccc(-c4nc(N)nc(N)n4)cc3)c3ccc(-c4nc(N)nc(N)n4)cc3)cc2)n1. The van der Waals surface area contributed by atoms with Gasteiger partial charge in [0.05, 0.1) is 5.41 Å². The van der Waals surface area contributed by atoms with Crippen molar-refractivity contribution in [2.75, 3.05) is 45.9 Å². The Hall–Kier alpha value is -8.68. The molecule has 0 aliphatic carbocycles. The fourth-order valence-corrected chi connectivity index (χ4v) is 6.63. The van der Waals surface area contributed by atoms with E-state index in [1.54, 1.807) is 0 Å². The van der Waals surface area contributed by atoms with Crippen molar-refractivity contribution in [2.24, 2.45) is 0 Å². The maximum atomic E-state index is 5.92. The highest BCUT2D eigenvalue weighted by Crippen LogP contribution is 2.46. The van der Waals surface area contributed by atoms with Crippen molar-refractivity contribution in [2.45, 2.75) is 5.41 Å². The lowest BCUT2D eigenvalue weighted by atomic mass is 9.64. The van der Waals surface area contributed by atoms with Crippen LogP contribution < -0.4 is 45.9 Å². The van der Waals surface area contributed by atoms with Crippen LogP contribution in [-0.4, -0.2) is 59.8 Å². The van der Waals surface area contributed by atoms with Crippen LogP contribution >= 0.6 is 0 Å². The Kier molecular flexibility index (Phi) is 8.65. The molecule has 0 saturated heterocycles. The quantitative estimate of drug-likeness (QED) is 0.103. The molecule has 0 amide bonds. The molecule has 20 heteroatoms. The van der Waals surface area contributed by atoms with Crippen molar-refractivity contribution in [1.82, 2.24) is 59.8 Å². The van der Waals surface area contributed by atoms with Crippen LogP contribution in [0, 0.1) is 0 Å². The number of rotatable bonds is 8. The molecule has 0 spiro atoms. The van der Waals surface area contributed by atoms with Gasteiger partial charge in [-0.3, -0.25) is 0 Å². The van der Waals surface area contributed by atoms with Crippen LogP contribution in [0.1, 0.15) is 22.3 Å². The molecule has 57 heavy (non-hydrogen) atoms. The van der Waals surface area contributed by atoms with Gasteiger partial charge in [-0.1, -0.05) is 97.1 Å². The molecular weight excluding hydrogens is 725 g/mol. The minimum Gasteiger partial charge on any atom is -0.368 e. The Morgan fingerprint density at radius 1 is 0.228 bits per heavy atom. The van der Waals surface area contributed by atoms with Gasteiger partial charge in [-0.15, -0.1) is 0 Å². The number of aromatic nitrogens is 12. The Balaban J connectivity index is 1.36. The van der Waals surface area contributed by atoms with Gasteiger partial charge in [0.15, 0.2) is 23.3 Å². The van der Waals surface area contributed by atoms with E-state index in [4.69, 9.17) is 45.9 Å². The van der Waals surface area contributed by atoms with Gasteiger partial charge >= 0.3 is 0 Å². The lowest BCUT2D eigenvalue weighted by molar-refractivity contribution is 0.745. The van der Waals surface area contributed by atoms with E-state index in [2.05, 4.69) is 59.8 Å². The summed E-state index contributed by atoms with van der Waals surface area (Å²) in [5.41, 5.74) is 52.4. The van der Waals surface area contributed by atoms with Gasteiger partial charge in [0.1, 0.15) is 0 Å². The number of nitrogens with two attached hydrogens (primary N) is 8. The van der Waals surface area contributed by atoms with E-state index in [0.717, 1.165) is 22.3 Å². The lowest BCUT2D eigenvalue weighted by Gasteiger charge is -2.37. The van der Waals surface area contributed by atoms with Crippen molar-refractivity contribution in [1.29, 1.82) is 0 Å². The summed E-state index contributed by atoms with van der Waals surface area (Å²) < 4.78 is 0. The summed E-state index contributed by atoms with van der Waals surface area (Å²) in [5.74, 6) is 1.28. The molecule has 20 nitrogen and oxygen atoms in total. The van der Waals surface area contributed by atoms with Crippen LogP contribution in [0.25, 0.3) is 45.6 Å². The number of benzene rings is 4. The summed E-state index contributed by atoms with van der Waals surface area (Å²) in [5, 5.41) is 0. The molecule has 16 N–H and O–H groups in total. The molecule has 8 rings (SSSR count). The molecular formula is C37H32N20. The maximum absolute atomic E-state index is 5.92. The third-order valence-electron chi connectivity index (χ3n) is 8.98. The number of anilines is 8. The summed E-state index contributed by atoms with van der Waals surface area (Å²) in [7, 11) is 0. The van der Waals surface area contributed by atoms with Crippen molar-refractivity contribution in [3.63, 3.8) is 0 Å². The van der Waals surface area contributed by atoms with Gasteiger partial charge in [0.25, 0.3) is 0 Å². The lowest BCUT2D eigenvalue weighted by Crippen LogP contribution is -2.31. The van der Waals surface area contributed by atoms with Gasteiger partial charge in [-0.05, 0) is 22.3 Å². The summed E-state index contributed by atoms with van der Waals surface area (Å²) in [4.78, 5) is 50.0. The standard InChI is InChI=1S/C37H32N20/c38-29-46-25(47-30(39)54-29)17-1-9-21(10-2-17)37(22-11-3-18(4-12-22)26-48-31(40)55-32(41)49-26,23-13-5-19(6-14-23)27-50-33(42)56-34(43)51-27)24-15-7-20(8-16-24)28-52-35(44)57-36(45)53-28/h1-16H,(H4,38,39,46,47,54)(H4,40,41,48,49,55)(H4,42,43,50,51,56)(H4,44,45,52,53,57). The second-order valence-electron chi connectivity index (χ2n) is 12.6. The van der Waals surface area contributed by atoms with Gasteiger partial charge in [-0.25, -0.2) is 0 Å². The zero-order valence-electron chi connectivity index (χ0n) is 29.7. The first-order chi connectivity index (χ1) is 27.4. The van der Waals surface area contributed by atoms with Gasteiger partial charge in [-0.2, -0.15) is 59.8 Å². The molecule has 0 bridgehead atoms. The first-order valence-electron chi connectivity index (χ1n) is 17.0.